The van der Waals surface area contributed by atoms with Crippen molar-refractivity contribution in [3.8, 4) is 0 Å². The van der Waals surface area contributed by atoms with Gasteiger partial charge in [0.05, 0.1) is 25.4 Å². The molecule has 0 saturated heterocycles. The number of hydrogen-bond acceptors (Lipinski definition) is 5. The second-order valence-electron chi connectivity index (χ2n) is 23.5. The van der Waals surface area contributed by atoms with Crippen molar-refractivity contribution in [2.24, 2.45) is 0 Å². The summed E-state index contributed by atoms with van der Waals surface area (Å²) in [5.74, 6) is -0.0527. The van der Waals surface area contributed by atoms with Crippen molar-refractivity contribution >= 4 is 11.9 Å². The molecule has 2 atom stereocenters. The molecule has 0 aromatic rings. The van der Waals surface area contributed by atoms with E-state index in [0.29, 0.717) is 19.4 Å². The highest BCUT2D eigenvalue weighted by Gasteiger charge is 2.18. The monoisotopic (exact) mass is 1040 g/mol. The van der Waals surface area contributed by atoms with Gasteiger partial charge in [-0.25, -0.2) is 0 Å². The minimum absolute atomic E-state index is 0.0138. The summed E-state index contributed by atoms with van der Waals surface area (Å²) in [6.07, 6.45) is 78.4. The van der Waals surface area contributed by atoms with E-state index in [0.717, 1.165) is 38.5 Å². The zero-order valence-corrected chi connectivity index (χ0v) is 50.4. The lowest BCUT2D eigenvalue weighted by atomic mass is 10.0. The first-order valence-electron chi connectivity index (χ1n) is 34.0. The molecule has 2 unspecified atom stereocenters. The van der Waals surface area contributed by atoms with Crippen molar-refractivity contribution in [2.75, 3.05) is 13.2 Å². The molecule has 0 rings (SSSR count). The Balaban J connectivity index is 3.40. The molecule has 0 fully saturated rings. The first-order valence-corrected chi connectivity index (χ1v) is 34.0. The van der Waals surface area contributed by atoms with E-state index in [-0.39, 0.29) is 18.5 Å². The van der Waals surface area contributed by atoms with Gasteiger partial charge in [-0.15, -0.1) is 0 Å². The van der Waals surface area contributed by atoms with Gasteiger partial charge in [0.2, 0.25) is 5.91 Å². The highest BCUT2D eigenvalue weighted by molar-refractivity contribution is 5.76. The van der Waals surface area contributed by atoms with Crippen LogP contribution in [0.25, 0.3) is 0 Å². The topological polar surface area (TPSA) is 95.9 Å². The summed E-state index contributed by atoms with van der Waals surface area (Å²) in [5, 5.41) is 23.2. The van der Waals surface area contributed by atoms with Gasteiger partial charge in [-0.05, 0) is 32.1 Å². The largest absolute Gasteiger partial charge is 0.466 e. The van der Waals surface area contributed by atoms with Crippen LogP contribution in [0.3, 0.4) is 0 Å². The van der Waals surface area contributed by atoms with E-state index in [1.165, 1.54) is 321 Å². The molecule has 0 aliphatic heterocycles. The van der Waals surface area contributed by atoms with E-state index in [9.17, 15) is 19.8 Å². The minimum atomic E-state index is -0.847. The lowest BCUT2D eigenvalue weighted by Gasteiger charge is -2.20. The molecule has 0 spiro atoms. The number of esters is 1. The lowest BCUT2D eigenvalue weighted by molar-refractivity contribution is -0.143. The third-order valence-corrected chi connectivity index (χ3v) is 16.1. The molecular formula is C68H133NO5. The molecule has 6 heteroatoms. The zero-order chi connectivity index (χ0) is 53.6. The maximum atomic E-state index is 12.5. The van der Waals surface area contributed by atoms with E-state index in [2.05, 4.69) is 19.2 Å². The number of ether oxygens (including phenoxy) is 1. The van der Waals surface area contributed by atoms with Gasteiger partial charge in [0.15, 0.2) is 0 Å². The number of hydrogen-bond donors (Lipinski definition) is 3. The van der Waals surface area contributed by atoms with Crippen LogP contribution in [0, 0.1) is 0 Å². The molecule has 74 heavy (non-hydrogen) atoms. The summed E-state index contributed by atoms with van der Waals surface area (Å²) < 4.78 is 5.50. The van der Waals surface area contributed by atoms with Crippen LogP contribution >= 0.6 is 0 Å². The molecule has 0 saturated carbocycles. The van der Waals surface area contributed by atoms with Gasteiger partial charge in [0.25, 0.3) is 0 Å². The zero-order valence-electron chi connectivity index (χ0n) is 50.4. The molecule has 3 N–H and O–H groups in total. The van der Waals surface area contributed by atoms with Gasteiger partial charge in [-0.2, -0.15) is 0 Å². The van der Waals surface area contributed by atoms with Gasteiger partial charge in [-0.3, -0.25) is 9.59 Å². The molecule has 440 valence electrons. The molecule has 0 aromatic carbocycles. The van der Waals surface area contributed by atoms with Crippen molar-refractivity contribution in [1.82, 2.24) is 5.32 Å². The quantitative estimate of drug-likeness (QED) is 0.0320. The Morgan fingerprint density at radius 3 is 0.919 bits per heavy atom. The highest BCUT2D eigenvalue weighted by Crippen LogP contribution is 2.19. The van der Waals surface area contributed by atoms with Gasteiger partial charge < -0.3 is 20.3 Å². The van der Waals surface area contributed by atoms with E-state index >= 15 is 0 Å². The third kappa shape index (κ3) is 59.8. The molecule has 1 amide bonds. The molecule has 0 radical (unpaired) electrons. The molecule has 0 bridgehead atoms. The van der Waals surface area contributed by atoms with Crippen molar-refractivity contribution in [3.05, 3.63) is 12.2 Å². The number of carbonyl (C=O) groups excluding carboxylic acids is 2. The van der Waals surface area contributed by atoms with E-state index in [4.69, 9.17) is 4.74 Å². The average molecular weight is 1040 g/mol. The number of carbonyl (C=O) groups is 2. The number of allylic oxidation sites excluding steroid dienone is 1. The fraction of sp³-hybridized carbons (Fsp3) is 0.941. The fourth-order valence-electron chi connectivity index (χ4n) is 10.9. The first-order chi connectivity index (χ1) is 36.5. The maximum Gasteiger partial charge on any atom is 0.305 e. The Kier molecular flexibility index (Phi) is 62.9. The smallest absolute Gasteiger partial charge is 0.305 e. The van der Waals surface area contributed by atoms with Gasteiger partial charge in [0.1, 0.15) is 0 Å². The van der Waals surface area contributed by atoms with Gasteiger partial charge >= 0.3 is 5.97 Å². The standard InChI is InChI=1S/C68H133NO5/c1-3-5-7-9-11-13-15-17-19-21-23-25-28-32-36-40-44-48-52-56-60-66(71)65(64-70)69-67(72)61-57-53-49-45-41-37-33-29-26-24-27-31-35-39-43-47-51-55-59-63-74-68(73)62-58-54-50-46-42-38-34-30-22-20-18-16-14-12-10-8-6-4-2/h56,60,65-66,70-71H,3-55,57-59,61-64H2,1-2H3,(H,69,72)/b60-56+. The fourth-order valence-corrected chi connectivity index (χ4v) is 10.9. The lowest BCUT2D eigenvalue weighted by Crippen LogP contribution is -2.45. The van der Waals surface area contributed by atoms with Crippen molar-refractivity contribution in [2.45, 2.75) is 398 Å². The summed E-state index contributed by atoms with van der Waals surface area (Å²) in [7, 11) is 0. The summed E-state index contributed by atoms with van der Waals surface area (Å²) in [6.45, 7) is 4.94. The molecule has 0 aliphatic carbocycles. The summed E-state index contributed by atoms with van der Waals surface area (Å²) >= 11 is 0. The predicted octanol–water partition coefficient (Wildman–Crippen LogP) is 21.6. The van der Waals surface area contributed by atoms with Crippen LogP contribution < -0.4 is 5.32 Å². The van der Waals surface area contributed by atoms with Crippen LogP contribution in [0.15, 0.2) is 12.2 Å². The summed E-state index contributed by atoms with van der Waals surface area (Å²) in [4.78, 5) is 24.6. The van der Waals surface area contributed by atoms with Crippen LogP contribution in [0.1, 0.15) is 386 Å². The van der Waals surface area contributed by atoms with Crippen LogP contribution in [-0.4, -0.2) is 47.4 Å². The van der Waals surface area contributed by atoms with Gasteiger partial charge in [-0.1, -0.05) is 353 Å². The number of nitrogens with one attached hydrogen (secondary N) is 1. The van der Waals surface area contributed by atoms with Crippen molar-refractivity contribution < 1.29 is 24.5 Å². The van der Waals surface area contributed by atoms with E-state index < -0.39 is 12.1 Å². The third-order valence-electron chi connectivity index (χ3n) is 16.1. The Bertz CT molecular complexity index is 1110. The summed E-state index contributed by atoms with van der Waals surface area (Å²) in [5.41, 5.74) is 0. The Labute approximate surface area is 463 Å². The van der Waals surface area contributed by atoms with Crippen molar-refractivity contribution in [1.29, 1.82) is 0 Å². The van der Waals surface area contributed by atoms with Crippen LogP contribution in [-0.2, 0) is 14.3 Å². The number of rotatable bonds is 64. The number of aliphatic hydroxyl groups excluding tert-OH is 2. The Morgan fingerprint density at radius 1 is 0.365 bits per heavy atom. The average Bonchev–Trinajstić information content (AvgIpc) is 3.40. The number of amides is 1. The molecule has 6 nitrogen and oxygen atoms in total. The molecule has 0 aliphatic rings. The highest BCUT2D eigenvalue weighted by atomic mass is 16.5. The second-order valence-corrected chi connectivity index (χ2v) is 23.5. The normalized spacial score (nSPS) is 12.5. The molecule has 0 aromatic heterocycles. The predicted molar refractivity (Wildman–Crippen MR) is 324 cm³/mol. The Hall–Kier alpha value is -1.40. The first kappa shape index (κ1) is 72.6. The van der Waals surface area contributed by atoms with Gasteiger partial charge in [0, 0.05) is 12.8 Å². The molecular weight excluding hydrogens is 911 g/mol. The Morgan fingerprint density at radius 2 is 0.622 bits per heavy atom. The van der Waals surface area contributed by atoms with Crippen LogP contribution in [0.2, 0.25) is 0 Å². The number of unbranched alkanes of at least 4 members (excludes halogenated alkanes) is 53. The van der Waals surface area contributed by atoms with Crippen LogP contribution in [0.5, 0.6) is 0 Å². The number of aliphatic hydroxyl groups is 2. The molecule has 0 heterocycles. The van der Waals surface area contributed by atoms with Crippen LogP contribution in [0.4, 0.5) is 0 Å². The SMILES string of the molecule is CCCCCCCCCCCCCCCCCCCC/C=C/C(O)C(CO)NC(=O)CCCCCCCCCCCCCCCCCCCCCOC(=O)CCCCCCCCCCCCCCCCCCCC. The summed E-state index contributed by atoms with van der Waals surface area (Å²) in [6, 6.07) is -0.630. The second kappa shape index (κ2) is 64.1. The van der Waals surface area contributed by atoms with Crippen molar-refractivity contribution in [3.63, 3.8) is 0 Å². The minimum Gasteiger partial charge on any atom is -0.466 e. The van der Waals surface area contributed by atoms with E-state index in [1.54, 1.807) is 6.08 Å². The van der Waals surface area contributed by atoms with E-state index in [1.807, 2.05) is 6.08 Å². The maximum absolute atomic E-state index is 12.5.